The number of aryl methyl sites for hydroxylation is 1. The van der Waals surface area contributed by atoms with Crippen molar-refractivity contribution in [2.24, 2.45) is 0 Å². The lowest BCUT2D eigenvalue weighted by molar-refractivity contribution is 0.570. The third-order valence-corrected chi connectivity index (χ3v) is 4.79. The van der Waals surface area contributed by atoms with Gasteiger partial charge in [-0.25, -0.2) is 8.42 Å². The number of hydrogen-bond acceptors (Lipinski definition) is 3. The number of hydrogen-bond donors (Lipinski definition) is 2. The molecule has 0 spiro atoms. The van der Waals surface area contributed by atoms with Crippen LogP contribution in [0.3, 0.4) is 0 Å². The zero-order valence-corrected chi connectivity index (χ0v) is 12.6. The van der Waals surface area contributed by atoms with Crippen LogP contribution in [-0.2, 0) is 10.0 Å². The Labute approximate surface area is 116 Å². The number of benzene rings is 1. The monoisotopic (exact) mass is 330 g/mol. The number of rotatable bonds is 4. The van der Waals surface area contributed by atoms with Gasteiger partial charge >= 0.3 is 0 Å². The molecule has 0 heterocycles. The van der Waals surface area contributed by atoms with Crippen LogP contribution in [0.15, 0.2) is 21.5 Å². The molecule has 1 rings (SSSR count). The Morgan fingerprint density at radius 3 is 2.67 bits per heavy atom. The van der Waals surface area contributed by atoms with E-state index in [1.807, 2.05) is 6.92 Å². The third-order valence-electron chi connectivity index (χ3n) is 2.49. The summed E-state index contributed by atoms with van der Waals surface area (Å²) in [6.07, 6.45) is 5.78. The topological polar surface area (TPSA) is 72.2 Å². The minimum absolute atomic E-state index is 0.150. The van der Waals surface area contributed by atoms with Gasteiger partial charge in [0.25, 0.3) is 0 Å². The fourth-order valence-corrected chi connectivity index (χ4v) is 3.40. The lowest BCUT2D eigenvalue weighted by atomic mass is 10.2. The van der Waals surface area contributed by atoms with Crippen LogP contribution in [0.2, 0.25) is 0 Å². The molecule has 0 aliphatic carbocycles. The zero-order chi connectivity index (χ0) is 13.9. The smallest absolute Gasteiger partial charge is 0.241 e. The fraction of sp³-hybridized carbons (Fsp3) is 0.333. The van der Waals surface area contributed by atoms with E-state index < -0.39 is 16.1 Å². The lowest BCUT2D eigenvalue weighted by Gasteiger charge is -2.14. The summed E-state index contributed by atoms with van der Waals surface area (Å²) >= 11 is 3.25. The number of halogens is 1. The van der Waals surface area contributed by atoms with Gasteiger partial charge in [0.2, 0.25) is 10.0 Å². The summed E-state index contributed by atoms with van der Waals surface area (Å²) in [6.45, 7) is 3.52. The van der Waals surface area contributed by atoms with E-state index in [0.29, 0.717) is 22.1 Å². The van der Waals surface area contributed by atoms with Crippen LogP contribution in [0.4, 0.5) is 5.69 Å². The first-order chi connectivity index (χ1) is 8.31. The molecule has 0 amide bonds. The van der Waals surface area contributed by atoms with E-state index in [1.54, 1.807) is 13.0 Å². The molecule has 0 bridgehead atoms. The molecule has 0 aliphatic rings. The van der Waals surface area contributed by atoms with E-state index in [9.17, 15) is 8.42 Å². The Balaban J connectivity index is 3.22. The van der Waals surface area contributed by atoms with Crippen molar-refractivity contribution in [3.63, 3.8) is 0 Å². The Morgan fingerprint density at radius 2 is 2.17 bits per heavy atom. The average Bonchev–Trinajstić information content (AvgIpc) is 2.30. The number of terminal acetylenes is 1. The highest BCUT2D eigenvalue weighted by atomic mass is 79.9. The quantitative estimate of drug-likeness (QED) is 0.655. The molecular formula is C12H15BrN2O2S. The molecule has 0 saturated carbocycles. The van der Waals surface area contributed by atoms with Crippen molar-refractivity contribution in [2.45, 2.75) is 31.2 Å². The fourth-order valence-electron chi connectivity index (χ4n) is 1.44. The van der Waals surface area contributed by atoms with Gasteiger partial charge in [-0.3, -0.25) is 0 Å². The van der Waals surface area contributed by atoms with E-state index >= 15 is 0 Å². The van der Waals surface area contributed by atoms with Crippen molar-refractivity contribution in [3.8, 4) is 12.3 Å². The molecule has 4 nitrogen and oxygen atoms in total. The summed E-state index contributed by atoms with van der Waals surface area (Å²) in [5.74, 6) is 2.39. The van der Waals surface area contributed by atoms with Crippen LogP contribution in [-0.4, -0.2) is 14.5 Å². The van der Waals surface area contributed by atoms with Gasteiger partial charge in [-0.1, -0.05) is 12.8 Å². The van der Waals surface area contributed by atoms with Gasteiger partial charge in [-0.2, -0.15) is 4.72 Å². The third kappa shape index (κ3) is 3.25. The van der Waals surface area contributed by atoms with Crippen molar-refractivity contribution in [3.05, 3.63) is 22.2 Å². The molecule has 3 N–H and O–H groups in total. The minimum Gasteiger partial charge on any atom is -0.398 e. The molecule has 0 radical (unpaired) electrons. The predicted octanol–water partition coefficient (Wildman–Crippen LogP) is 2.03. The summed E-state index contributed by atoms with van der Waals surface area (Å²) in [4.78, 5) is 0.150. The predicted molar refractivity (Wildman–Crippen MR) is 76.5 cm³/mol. The molecule has 0 aromatic heterocycles. The maximum absolute atomic E-state index is 12.2. The SMILES string of the molecule is C#CC(CC)NS(=O)(=O)c1cc(N)c(Br)cc1C. The van der Waals surface area contributed by atoms with E-state index in [-0.39, 0.29) is 4.90 Å². The first-order valence-electron chi connectivity index (χ1n) is 5.36. The van der Waals surface area contributed by atoms with Gasteiger partial charge in [0.05, 0.1) is 10.9 Å². The molecule has 0 saturated heterocycles. The Morgan fingerprint density at radius 1 is 1.56 bits per heavy atom. The number of sulfonamides is 1. The number of nitrogens with two attached hydrogens (primary N) is 1. The Hall–Kier alpha value is -1.03. The van der Waals surface area contributed by atoms with E-state index in [2.05, 4.69) is 26.6 Å². The number of anilines is 1. The Bertz CT molecular complexity index is 591. The second-order valence-electron chi connectivity index (χ2n) is 3.89. The van der Waals surface area contributed by atoms with Crippen molar-refractivity contribution in [1.29, 1.82) is 0 Å². The molecule has 1 aromatic rings. The van der Waals surface area contributed by atoms with Crippen molar-refractivity contribution < 1.29 is 8.42 Å². The first-order valence-corrected chi connectivity index (χ1v) is 7.63. The van der Waals surface area contributed by atoms with Crippen molar-refractivity contribution >= 4 is 31.6 Å². The highest BCUT2D eigenvalue weighted by molar-refractivity contribution is 9.10. The highest BCUT2D eigenvalue weighted by Crippen LogP contribution is 2.26. The summed E-state index contributed by atoms with van der Waals surface area (Å²) < 4.78 is 27.5. The van der Waals surface area contributed by atoms with Crippen LogP contribution in [0, 0.1) is 19.3 Å². The molecule has 0 aliphatic heterocycles. The van der Waals surface area contributed by atoms with Crippen LogP contribution >= 0.6 is 15.9 Å². The average molecular weight is 331 g/mol. The highest BCUT2D eigenvalue weighted by Gasteiger charge is 2.20. The second kappa shape index (κ2) is 5.74. The van der Waals surface area contributed by atoms with Gasteiger partial charge in [-0.05, 0) is 47.0 Å². The van der Waals surface area contributed by atoms with Crippen LogP contribution in [0.25, 0.3) is 0 Å². The van der Waals surface area contributed by atoms with Crippen molar-refractivity contribution in [1.82, 2.24) is 4.72 Å². The zero-order valence-electron chi connectivity index (χ0n) is 10.2. The maximum Gasteiger partial charge on any atom is 0.241 e. The van der Waals surface area contributed by atoms with E-state index in [1.165, 1.54) is 6.07 Å². The molecule has 1 atom stereocenters. The summed E-state index contributed by atoms with van der Waals surface area (Å²) in [5.41, 5.74) is 6.68. The van der Waals surface area contributed by atoms with Crippen LogP contribution in [0.5, 0.6) is 0 Å². The summed E-state index contributed by atoms with van der Waals surface area (Å²) in [6, 6.07) is 2.57. The molecule has 98 valence electrons. The van der Waals surface area contributed by atoms with Crippen molar-refractivity contribution in [2.75, 3.05) is 5.73 Å². The summed E-state index contributed by atoms with van der Waals surface area (Å²) in [5, 5.41) is 0. The van der Waals surface area contributed by atoms with Gasteiger partial charge in [-0.15, -0.1) is 6.42 Å². The number of nitrogen functional groups attached to an aromatic ring is 1. The summed E-state index contributed by atoms with van der Waals surface area (Å²) in [7, 11) is -3.65. The van der Waals surface area contributed by atoms with Gasteiger partial charge in [0.15, 0.2) is 0 Å². The molecule has 1 aromatic carbocycles. The molecule has 18 heavy (non-hydrogen) atoms. The van der Waals surface area contributed by atoms with Gasteiger partial charge < -0.3 is 5.73 Å². The van der Waals surface area contributed by atoms with E-state index in [4.69, 9.17) is 12.2 Å². The number of nitrogens with one attached hydrogen (secondary N) is 1. The van der Waals surface area contributed by atoms with Gasteiger partial charge in [0, 0.05) is 10.2 Å². The van der Waals surface area contributed by atoms with Gasteiger partial charge in [0.1, 0.15) is 0 Å². The van der Waals surface area contributed by atoms with Crippen LogP contribution in [0.1, 0.15) is 18.9 Å². The molecule has 6 heteroatoms. The Kier molecular flexibility index (Phi) is 4.79. The normalized spacial score (nSPS) is 13.0. The first kappa shape index (κ1) is 15.0. The largest absolute Gasteiger partial charge is 0.398 e. The molecular weight excluding hydrogens is 316 g/mol. The van der Waals surface area contributed by atoms with E-state index in [0.717, 1.165) is 0 Å². The minimum atomic E-state index is -3.65. The van der Waals surface area contributed by atoms with Crippen LogP contribution < -0.4 is 10.5 Å². The maximum atomic E-state index is 12.2. The molecule has 1 unspecified atom stereocenters. The lowest BCUT2D eigenvalue weighted by Crippen LogP contribution is -2.33. The second-order valence-corrected chi connectivity index (χ2v) is 6.42. The standard InChI is InChI=1S/C12H15BrN2O2S/c1-4-9(5-2)15-18(16,17)12-7-11(14)10(13)6-8(12)3/h1,6-7,9,15H,5,14H2,2-3H3. The molecule has 0 fully saturated rings.